The average Bonchev–Trinajstić information content (AvgIpc) is 2.10. The summed E-state index contributed by atoms with van der Waals surface area (Å²) in [5, 5.41) is 6.04. The van der Waals surface area contributed by atoms with Gasteiger partial charge in [-0.1, -0.05) is 13.3 Å². The highest BCUT2D eigenvalue weighted by Gasteiger charge is 2.34. The first-order valence-electron chi connectivity index (χ1n) is 5.70. The monoisotopic (exact) mass is 198 g/mol. The van der Waals surface area contributed by atoms with Gasteiger partial charge in [-0.15, -0.1) is 0 Å². The van der Waals surface area contributed by atoms with Gasteiger partial charge in [0.15, 0.2) is 0 Å². The summed E-state index contributed by atoms with van der Waals surface area (Å²) >= 11 is 0. The molecule has 0 aromatic carbocycles. The van der Waals surface area contributed by atoms with Crippen molar-refractivity contribution in [3.05, 3.63) is 0 Å². The number of amides is 1. The maximum Gasteiger partial charge on any atom is 0.233 e. The van der Waals surface area contributed by atoms with Crippen molar-refractivity contribution >= 4 is 5.91 Å². The van der Waals surface area contributed by atoms with Crippen molar-refractivity contribution in [2.45, 2.75) is 39.5 Å². The van der Waals surface area contributed by atoms with Gasteiger partial charge in [0.1, 0.15) is 0 Å². The maximum atomic E-state index is 11.1. The Hall–Kier alpha value is -0.570. The highest BCUT2D eigenvalue weighted by molar-refractivity contribution is 5.77. The van der Waals surface area contributed by atoms with E-state index >= 15 is 0 Å². The van der Waals surface area contributed by atoms with Crippen LogP contribution in [0.4, 0.5) is 0 Å². The first-order chi connectivity index (χ1) is 6.72. The lowest BCUT2D eigenvalue weighted by molar-refractivity contribution is -0.120. The van der Waals surface area contributed by atoms with E-state index in [2.05, 4.69) is 17.6 Å². The quantitative estimate of drug-likeness (QED) is 0.675. The fourth-order valence-corrected chi connectivity index (χ4v) is 2.03. The Morgan fingerprint density at radius 2 is 2.07 bits per heavy atom. The summed E-state index contributed by atoms with van der Waals surface area (Å²) in [4.78, 5) is 11.1. The fourth-order valence-electron chi connectivity index (χ4n) is 2.03. The average molecular weight is 198 g/mol. The van der Waals surface area contributed by atoms with Gasteiger partial charge in [-0.05, 0) is 31.6 Å². The predicted molar refractivity (Wildman–Crippen MR) is 58.1 cm³/mol. The third-order valence-corrected chi connectivity index (χ3v) is 3.32. The predicted octanol–water partition coefficient (Wildman–Crippen LogP) is 1.29. The highest BCUT2D eigenvalue weighted by Crippen LogP contribution is 2.42. The second kappa shape index (κ2) is 5.35. The van der Waals surface area contributed by atoms with Crippen molar-refractivity contribution in [2.75, 3.05) is 19.6 Å². The lowest BCUT2D eigenvalue weighted by Gasteiger charge is -2.41. The third-order valence-electron chi connectivity index (χ3n) is 3.32. The molecule has 1 amide bonds. The van der Waals surface area contributed by atoms with Crippen LogP contribution in [0.25, 0.3) is 0 Å². The molecule has 0 aromatic rings. The molecule has 3 nitrogen and oxygen atoms in total. The zero-order valence-electron chi connectivity index (χ0n) is 9.36. The molecule has 0 aromatic heterocycles. The van der Waals surface area contributed by atoms with Crippen LogP contribution in [0.15, 0.2) is 0 Å². The van der Waals surface area contributed by atoms with Crippen LogP contribution < -0.4 is 10.6 Å². The molecule has 1 aliphatic rings. The van der Waals surface area contributed by atoms with Gasteiger partial charge in [0.25, 0.3) is 0 Å². The van der Waals surface area contributed by atoms with Gasteiger partial charge in [-0.25, -0.2) is 0 Å². The Morgan fingerprint density at radius 1 is 1.36 bits per heavy atom. The second-order valence-electron chi connectivity index (χ2n) is 4.26. The zero-order chi connectivity index (χ0) is 10.4. The lowest BCUT2D eigenvalue weighted by atomic mass is 9.67. The minimum atomic E-state index is 0.109. The topological polar surface area (TPSA) is 41.1 Å². The molecule has 1 saturated carbocycles. The Morgan fingerprint density at radius 3 is 2.50 bits per heavy atom. The smallest absolute Gasteiger partial charge is 0.233 e. The van der Waals surface area contributed by atoms with Crippen LogP contribution in [0.5, 0.6) is 0 Å². The molecule has 82 valence electrons. The van der Waals surface area contributed by atoms with Crippen LogP contribution in [0.3, 0.4) is 0 Å². The number of carbonyl (C=O) groups excluding carboxylic acids is 1. The van der Waals surface area contributed by atoms with E-state index in [4.69, 9.17) is 0 Å². The molecule has 2 N–H and O–H groups in total. The van der Waals surface area contributed by atoms with Gasteiger partial charge >= 0.3 is 0 Å². The van der Waals surface area contributed by atoms with Gasteiger partial charge in [0, 0.05) is 13.1 Å². The molecule has 1 aliphatic carbocycles. The van der Waals surface area contributed by atoms with Crippen molar-refractivity contribution in [1.29, 1.82) is 0 Å². The van der Waals surface area contributed by atoms with E-state index in [9.17, 15) is 4.79 Å². The zero-order valence-corrected chi connectivity index (χ0v) is 9.36. The molecule has 3 heteroatoms. The van der Waals surface area contributed by atoms with E-state index in [-0.39, 0.29) is 5.91 Å². The van der Waals surface area contributed by atoms with Crippen molar-refractivity contribution in [2.24, 2.45) is 5.41 Å². The molecule has 0 unspecified atom stereocenters. The number of nitrogens with one attached hydrogen (secondary N) is 2. The molecule has 14 heavy (non-hydrogen) atoms. The number of carbonyl (C=O) groups is 1. The molecular formula is C11H22N2O. The highest BCUT2D eigenvalue weighted by atomic mass is 16.1. The molecule has 1 fully saturated rings. The van der Waals surface area contributed by atoms with E-state index in [1.807, 2.05) is 6.92 Å². The first kappa shape index (κ1) is 11.5. The van der Waals surface area contributed by atoms with Crippen molar-refractivity contribution in [3.63, 3.8) is 0 Å². The molecule has 0 saturated heterocycles. The summed E-state index contributed by atoms with van der Waals surface area (Å²) in [7, 11) is 0. The molecule has 0 spiro atoms. The molecule has 1 rings (SSSR count). The van der Waals surface area contributed by atoms with E-state index in [1.54, 1.807) is 0 Å². The molecule has 0 atom stereocenters. The van der Waals surface area contributed by atoms with Gasteiger partial charge in [0.2, 0.25) is 5.91 Å². The largest absolute Gasteiger partial charge is 0.355 e. The minimum absolute atomic E-state index is 0.109. The Labute approximate surface area is 86.6 Å². The van der Waals surface area contributed by atoms with E-state index in [0.29, 0.717) is 12.0 Å². The van der Waals surface area contributed by atoms with Crippen LogP contribution >= 0.6 is 0 Å². The number of likely N-dealkylation sites (N-methyl/N-ethyl adjacent to an activating group) is 1. The minimum Gasteiger partial charge on any atom is -0.355 e. The van der Waals surface area contributed by atoms with Gasteiger partial charge in [0.05, 0.1) is 6.54 Å². The third kappa shape index (κ3) is 2.98. The van der Waals surface area contributed by atoms with Crippen LogP contribution in [0.2, 0.25) is 0 Å². The van der Waals surface area contributed by atoms with Crippen LogP contribution in [0.1, 0.15) is 39.5 Å². The summed E-state index contributed by atoms with van der Waals surface area (Å²) in [6.07, 6.45) is 5.24. The molecular weight excluding hydrogens is 176 g/mol. The Bertz CT molecular complexity index is 182. The Kier molecular flexibility index (Phi) is 4.39. The summed E-state index contributed by atoms with van der Waals surface area (Å²) in [6.45, 7) is 6.37. The van der Waals surface area contributed by atoms with Crippen molar-refractivity contribution in [3.8, 4) is 0 Å². The normalized spacial score (nSPS) is 18.7. The van der Waals surface area contributed by atoms with E-state index < -0.39 is 0 Å². The van der Waals surface area contributed by atoms with Crippen molar-refractivity contribution in [1.82, 2.24) is 10.6 Å². The van der Waals surface area contributed by atoms with Gasteiger partial charge < -0.3 is 10.6 Å². The van der Waals surface area contributed by atoms with E-state index in [0.717, 1.165) is 13.1 Å². The lowest BCUT2D eigenvalue weighted by Crippen LogP contribution is -2.43. The number of rotatable bonds is 6. The summed E-state index contributed by atoms with van der Waals surface area (Å²) in [5.41, 5.74) is 0.506. The van der Waals surface area contributed by atoms with Gasteiger partial charge in [-0.3, -0.25) is 4.79 Å². The summed E-state index contributed by atoms with van der Waals surface area (Å²) in [6, 6.07) is 0. The molecule has 0 aliphatic heterocycles. The number of hydrogen-bond donors (Lipinski definition) is 2. The number of hydrogen-bond acceptors (Lipinski definition) is 2. The maximum absolute atomic E-state index is 11.1. The molecule has 0 bridgehead atoms. The summed E-state index contributed by atoms with van der Waals surface area (Å²) in [5.74, 6) is 0.109. The second-order valence-corrected chi connectivity index (χ2v) is 4.26. The molecule has 0 heterocycles. The summed E-state index contributed by atoms with van der Waals surface area (Å²) < 4.78 is 0. The van der Waals surface area contributed by atoms with E-state index in [1.165, 1.54) is 25.7 Å². The molecule has 0 radical (unpaired) electrons. The standard InChI is InChI=1S/C11H22N2O/c1-3-11(6-5-7-11)9-12-8-10(14)13-4-2/h12H,3-9H2,1-2H3,(H,13,14). The van der Waals surface area contributed by atoms with Crippen molar-refractivity contribution < 1.29 is 4.79 Å². The van der Waals surface area contributed by atoms with Crippen LogP contribution in [-0.4, -0.2) is 25.5 Å². The SMILES string of the molecule is CCNC(=O)CNCC1(CC)CCC1. The Balaban J connectivity index is 2.11. The van der Waals surface area contributed by atoms with Crippen LogP contribution in [0, 0.1) is 5.41 Å². The van der Waals surface area contributed by atoms with Gasteiger partial charge in [-0.2, -0.15) is 0 Å². The fraction of sp³-hybridized carbons (Fsp3) is 0.909. The van der Waals surface area contributed by atoms with Crippen LogP contribution in [-0.2, 0) is 4.79 Å². The first-order valence-corrected chi connectivity index (χ1v) is 5.70.